The van der Waals surface area contributed by atoms with Crippen LogP contribution in [0.1, 0.15) is 57.4 Å². The standard InChI is InChI=1S/C22H28N2O2/c1-13(18-12-23-19-5-4-16(26-3)8-17(18)19)6-21(25)24-15-7-14-9-22(2,10-15)11-20(14)24/h4-5,8,12-15,20,23H,6-7,9-11H2,1-3H3. The molecule has 1 N–H and O–H groups in total. The number of carbonyl (C=O) groups excluding carboxylic acids is 1. The molecule has 2 saturated carbocycles. The van der Waals surface area contributed by atoms with Crippen molar-refractivity contribution in [1.82, 2.24) is 9.88 Å². The number of benzene rings is 1. The Bertz CT molecular complexity index is 868. The number of fused-ring (bicyclic) bond motifs is 1. The highest BCUT2D eigenvalue weighted by Crippen LogP contribution is 2.59. The summed E-state index contributed by atoms with van der Waals surface area (Å²) < 4.78 is 5.38. The third-order valence-electron chi connectivity index (χ3n) is 7.28. The number of hydrogen-bond acceptors (Lipinski definition) is 2. The van der Waals surface area contributed by atoms with E-state index in [1.54, 1.807) is 7.11 Å². The Kier molecular flexibility index (Phi) is 3.44. The maximum Gasteiger partial charge on any atom is 0.223 e. The number of hydrogen-bond donors (Lipinski definition) is 1. The lowest BCUT2D eigenvalue weighted by Crippen LogP contribution is -2.47. The SMILES string of the molecule is COc1ccc2[nH]cc(C(C)CC(=O)N3C4CC5CC(C)(C4)CC53)c2c1. The van der Waals surface area contributed by atoms with E-state index < -0.39 is 0 Å². The summed E-state index contributed by atoms with van der Waals surface area (Å²) in [6.45, 7) is 4.60. The van der Waals surface area contributed by atoms with Crippen molar-refractivity contribution >= 4 is 16.8 Å². The van der Waals surface area contributed by atoms with Gasteiger partial charge < -0.3 is 14.6 Å². The first-order chi connectivity index (χ1) is 12.5. The van der Waals surface area contributed by atoms with Crippen LogP contribution < -0.4 is 4.74 Å². The molecule has 4 aliphatic rings. The maximum atomic E-state index is 13.2. The minimum atomic E-state index is 0.204. The second-order valence-corrected chi connectivity index (χ2v) is 9.20. The Morgan fingerprint density at radius 2 is 2.23 bits per heavy atom. The third kappa shape index (κ3) is 2.30. The van der Waals surface area contributed by atoms with Gasteiger partial charge in [-0.3, -0.25) is 4.79 Å². The fourth-order valence-corrected chi connectivity index (χ4v) is 6.26. The number of ether oxygens (including phenoxy) is 1. The Balaban J connectivity index is 1.36. The first kappa shape index (κ1) is 16.2. The van der Waals surface area contributed by atoms with Crippen LogP contribution in [-0.2, 0) is 4.79 Å². The number of amides is 1. The molecule has 1 amide bonds. The summed E-state index contributed by atoms with van der Waals surface area (Å²) in [7, 11) is 1.69. The molecule has 2 saturated heterocycles. The molecular formula is C22H28N2O2. The summed E-state index contributed by atoms with van der Waals surface area (Å²) >= 11 is 0. The van der Waals surface area contributed by atoms with Gasteiger partial charge in [0.05, 0.1) is 7.11 Å². The quantitative estimate of drug-likeness (QED) is 0.883. The molecule has 2 aliphatic heterocycles. The molecule has 4 nitrogen and oxygen atoms in total. The zero-order chi connectivity index (χ0) is 18.1. The summed E-state index contributed by atoms with van der Waals surface area (Å²) in [5.74, 6) is 2.18. The first-order valence-corrected chi connectivity index (χ1v) is 9.93. The van der Waals surface area contributed by atoms with Crippen LogP contribution in [0, 0.1) is 11.3 Å². The predicted octanol–water partition coefficient (Wildman–Crippen LogP) is 4.46. The fraction of sp³-hybridized carbons (Fsp3) is 0.591. The van der Waals surface area contributed by atoms with Gasteiger partial charge in [-0.15, -0.1) is 0 Å². The molecule has 5 unspecified atom stereocenters. The molecule has 4 heteroatoms. The van der Waals surface area contributed by atoms with Crippen LogP contribution in [0.15, 0.2) is 24.4 Å². The highest BCUT2D eigenvalue weighted by molar-refractivity contribution is 5.86. The molecule has 1 aromatic carbocycles. The van der Waals surface area contributed by atoms with Crippen LogP contribution in [0.25, 0.3) is 10.9 Å². The lowest BCUT2D eigenvalue weighted by molar-refractivity contribution is -0.137. The topological polar surface area (TPSA) is 45.3 Å². The number of H-pyrrole nitrogens is 1. The summed E-state index contributed by atoms with van der Waals surface area (Å²) in [4.78, 5) is 18.8. The van der Waals surface area contributed by atoms with Crippen molar-refractivity contribution in [1.29, 1.82) is 0 Å². The molecule has 0 spiro atoms. The molecule has 5 atom stereocenters. The van der Waals surface area contributed by atoms with E-state index >= 15 is 0 Å². The second kappa shape index (κ2) is 5.51. The molecule has 26 heavy (non-hydrogen) atoms. The molecule has 2 aromatic rings. The third-order valence-corrected chi connectivity index (χ3v) is 7.28. The van der Waals surface area contributed by atoms with Gasteiger partial charge in [-0.2, -0.15) is 0 Å². The molecule has 1 aromatic heterocycles. The molecule has 138 valence electrons. The number of carbonyl (C=O) groups is 1. The van der Waals surface area contributed by atoms with Crippen LogP contribution >= 0.6 is 0 Å². The van der Waals surface area contributed by atoms with Gasteiger partial charge in [-0.25, -0.2) is 0 Å². The number of aromatic nitrogens is 1. The zero-order valence-electron chi connectivity index (χ0n) is 15.9. The molecule has 4 bridgehead atoms. The molecule has 2 aliphatic carbocycles. The van der Waals surface area contributed by atoms with Crippen LogP contribution in [0.5, 0.6) is 5.75 Å². The number of rotatable bonds is 4. The van der Waals surface area contributed by atoms with Gasteiger partial charge in [0.2, 0.25) is 5.91 Å². The molecule has 6 rings (SSSR count). The number of nitrogens with zero attached hydrogens (tertiary/aromatic N) is 1. The van der Waals surface area contributed by atoms with Crippen molar-refractivity contribution in [2.75, 3.05) is 7.11 Å². The summed E-state index contributed by atoms with van der Waals surface area (Å²) in [5, 5.41) is 1.17. The fourth-order valence-electron chi connectivity index (χ4n) is 6.26. The molecule has 3 heterocycles. The highest BCUT2D eigenvalue weighted by atomic mass is 16.5. The number of nitrogens with one attached hydrogen (secondary N) is 1. The van der Waals surface area contributed by atoms with Crippen LogP contribution in [-0.4, -0.2) is 35.0 Å². The average Bonchev–Trinajstić information content (AvgIpc) is 3.20. The van der Waals surface area contributed by atoms with E-state index in [0.717, 1.165) is 17.2 Å². The zero-order valence-corrected chi connectivity index (χ0v) is 15.9. The van der Waals surface area contributed by atoms with Crippen LogP contribution in [0.2, 0.25) is 0 Å². The Morgan fingerprint density at radius 1 is 1.38 bits per heavy atom. The number of piperidine rings is 1. The lowest BCUT2D eigenvalue weighted by Gasteiger charge is -2.42. The normalized spacial score (nSPS) is 33.2. The smallest absolute Gasteiger partial charge is 0.223 e. The molecular weight excluding hydrogens is 324 g/mol. The Morgan fingerprint density at radius 3 is 3.00 bits per heavy atom. The van der Waals surface area contributed by atoms with Crippen molar-refractivity contribution in [3.63, 3.8) is 0 Å². The van der Waals surface area contributed by atoms with E-state index in [0.29, 0.717) is 29.8 Å². The molecule has 4 fully saturated rings. The number of aromatic amines is 1. The van der Waals surface area contributed by atoms with Gasteiger partial charge in [0, 0.05) is 35.6 Å². The minimum absolute atomic E-state index is 0.204. The van der Waals surface area contributed by atoms with E-state index in [2.05, 4.69) is 36.0 Å². The number of methoxy groups -OCH3 is 1. The van der Waals surface area contributed by atoms with Gasteiger partial charge in [-0.05, 0) is 66.7 Å². The van der Waals surface area contributed by atoms with Crippen molar-refractivity contribution in [2.24, 2.45) is 11.3 Å². The lowest BCUT2D eigenvalue weighted by atomic mass is 9.75. The van der Waals surface area contributed by atoms with Gasteiger partial charge in [0.25, 0.3) is 0 Å². The van der Waals surface area contributed by atoms with E-state index in [1.165, 1.54) is 36.6 Å². The maximum absolute atomic E-state index is 13.2. The summed E-state index contributed by atoms with van der Waals surface area (Å²) in [6.07, 6.45) is 7.66. The van der Waals surface area contributed by atoms with E-state index in [4.69, 9.17) is 4.74 Å². The first-order valence-electron chi connectivity index (χ1n) is 9.93. The van der Waals surface area contributed by atoms with Gasteiger partial charge >= 0.3 is 0 Å². The van der Waals surface area contributed by atoms with Crippen molar-refractivity contribution in [3.8, 4) is 5.75 Å². The van der Waals surface area contributed by atoms with Gasteiger partial charge in [0.15, 0.2) is 0 Å². The molecule has 0 radical (unpaired) electrons. The average molecular weight is 352 g/mol. The van der Waals surface area contributed by atoms with E-state index in [1.807, 2.05) is 12.1 Å². The van der Waals surface area contributed by atoms with Crippen LogP contribution in [0.3, 0.4) is 0 Å². The van der Waals surface area contributed by atoms with Crippen molar-refractivity contribution in [2.45, 2.75) is 64.0 Å². The van der Waals surface area contributed by atoms with Crippen molar-refractivity contribution < 1.29 is 9.53 Å². The monoisotopic (exact) mass is 352 g/mol. The minimum Gasteiger partial charge on any atom is -0.497 e. The van der Waals surface area contributed by atoms with Crippen LogP contribution in [0.4, 0.5) is 0 Å². The second-order valence-electron chi connectivity index (χ2n) is 9.20. The summed E-state index contributed by atoms with van der Waals surface area (Å²) in [6, 6.07) is 7.10. The van der Waals surface area contributed by atoms with Crippen molar-refractivity contribution in [3.05, 3.63) is 30.0 Å². The van der Waals surface area contributed by atoms with Gasteiger partial charge in [0.1, 0.15) is 5.75 Å². The highest BCUT2D eigenvalue weighted by Gasteiger charge is 2.58. The Hall–Kier alpha value is -1.97. The predicted molar refractivity (Wildman–Crippen MR) is 102 cm³/mol. The summed E-state index contributed by atoms with van der Waals surface area (Å²) in [5.41, 5.74) is 2.83. The Labute approximate surface area is 154 Å². The van der Waals surface area contributed by atoms with E-state index in [9.17, 15) is 4.79 Å². The van der Waals surface area contributed by atoms with E-state index in [-0.39, 0.29) is 5.92 Å². The van der Waals surface area contributed by atoms with Gasteiger partial charge in [-0.1, -0.05) is 13.8 Å². The largest absolute Gasteiger partial charge is 0.497 e.